The summed E-state index contributed by atoms with van der Waals surface area (Å²) < 4.78 is 0. The van der Waals surface area contributed by atoms with Gasteiger partial charge in [-0.2, -0.15) is 0 Å². The van der Waals surface area contributed by atoms with Gasteiger partial charge in [0.05, 0.1) is 11.4 Å². The van der Waals surface area contributed by atoms with E-state index >= 15 is 0 Å². The van der Waals surface area contributed by atoms with E-state index in [4.69, 9.17) is 0 Å². The Bertz CT molecular complexity index is 350. The van der Waals surface area contributed by atoms with Gasteiger partial charge in [0.15, 0.2) is 5.78 Å². The van der Waals surface area contributed by atoms with Crippen molar-refractivity contribution in [3.05, 3.63) is 22.4 Å². The van der Waals surface area contributed by atoms with Crippen molar-refractivity contribution in [3.63, 3.8) is 0 Å². The smallest absolute Gasteiger partial charge is 0.186 e. The normalized spacial score (nSPS) is 19.6. The average molecular weight is 289 g/mol. The van der Waals surface area contributed by atoms with Crippen molar-refractivity contribution in [2.45, 2.75) is 25.3 Å². The zero-order chi connectivity index (χ0) is 12.1. The first-order chi connectivity index (χ1) is 8.25. The van der Waals surface area contributed by atoms with Gasteiger partial charge in [-0.05, 0) is 37.9 Å². The maximum atomic E-state index is 11.9. The summed E-state index contributed by atoms with van der Waals surface area (Å²) in [6.07, 6.45) is 3.83. The molecule has 1 aliphatic rings. The number of nitrogens with zero attached hydrogens (tertiary/aromatic N) is 1. The van der Waals surface area contributed by atoms with Crippen LogP contribution in [0, 0.1) is 0 Å². The number of piperidine rings is 1. The number of nitrogens with one attached hydrogen (secondary N) is 1. The van der Waals surface area contributed by atoms with Crippen molar-refractivity contribution in [1.29, 1.82) is 0 Å². The second kappa shape index (κ2) is 7.89. The summed E-state index contributed by atoms with van der Waals surface area (Å²) in [7, 11) is 2.03. The van der Waals surface area contributed by atoms with E-state index < -0.39 is 0 Å². The van der Waals surface area contributed by atoms with Gasteiger partial charge >= 0.3 is 0 Å². The van der Waals surface area contributed by atoms with Gasteiger partial charge in [-0.25, -0.2) is 0 Å². The van der Waals surface area contributed by atoms with Crippen molar-refractivity contribution in [2.24, 2.45) is 0 Å². The molecular weight excluding hydrogens is 268 g/mol. The number of Topliss-reactive ketones (excluding diaryl/α,β-unsaturated/α-hetero) is 1. The third-order valence-electron chi connectivity index (χ3n) is 3.15. The van der Waals surface area contributed by atoms with Crippen LogP contribution < -0.4 is 5.32 Å². The predicted octanol–water partition coefficient (Wildman–Crippen LogP) is 2.43. The number of likely N-dealkylation sites (N-methyl/N-ethyl adjacent to an activating group) is 1. The minimum Gasteiger partial charge on any atom is -0.313 e. The average Bonchev–Trinajstić information content (AvgIpc) is 2.83. The number of thiophene rings is 1. The van der Waals surface area contributed by atoms with E-state index in [1.165, 1.54) is 30.6 Å². The van der Waals surface area contributed by atoms with Crippen LogP contribution in [0.1, 0.15) is 28.9 Å². The lowest BCUT2D eigenvalue weighted by atomic mass is 10.0. The maximum absolute atomic E-state index is 11.9. The van der Waals surface area contributed by atoms with Gasteiger partial charge in [0, 0.05) is 12.6 Å². The van der Waals surface area contributed by atoms with Crippen LogP contribution in [-0.2, 0) is 0 Å². The Morgan fingerprint density at radius 3 is 3.00 bits per heavy atom. The maximum Gasteiger partial charge on any atom is 0.186 e. The molecule has 0 aromatic carbocycles. The van der Waals surface area contributed by atoms with E-state index in [1.54, 1.807) is 0 Å². The summed E-state index contributed by atoms with van der Waals surface area (Å²) in [4.78, 5) is 14.9. The fourth-order valence-electron chi connectivity index (χ4n) is 2.28. The Kier molecular flexibility index (Phi) is 6.86. The minimum atomic E-state index is 0. The lowest BCUT2D eigenvalue weighted by Crippen LogP contribution is -2.43. The Morgan fingerprint density at radius 2 is 2.39 bits per heavy atom. The van der Waals surface area contributed by atoms with Crippen molar-refractivity contribution >= 4 is 29.5 Å². The number of carbonyl (C=O) groups excluding carboxylic acids is 1. The Hall–Kier alpha value is -0.420. The molecule has 1 aliphatic heterocycles. The first kappa shape index (κ1) is 15.6. The van der Waals surface area contributed by atoms with Crippen LogP contribution in [-0.4, -0.2) is 43.4 Å². The number of hydrogen-bond acceptors (Lipinski definition) is 4. The lowest BCUT2D eigenvalue weighted by Gasteiger charge is -2.27. The fourth-order valence-corrected chi connectivity index (χ4v) is 2.94. The third kappa shape index (κ3) is 4.69. The molecular formula is C13H21ClN2OS. The molecule has 2 heterocycles. The van der Waals surface area contributed by atoms with E-state index in [0.29, 0.717) is 12.6 Å². The zero-order valence-corrected chi connectivity index (χ0v) is 12.4. The molecule has 0 radical (unpaired) electrons. The molecule has 0 aliphatic carbocycles. The molecule has 0 spiro atoms. The zero-order valence-electron chi connectivity index (χ0n) is 10.7. The van der Waals surface area contributed by atoms with Crippen molar-refractivity contribution in [1.82, 2.24) is 10.2 Å². The van der Waals surface area contributed by atoms with Gasteiger partial charge in [-0.3, -0.25) is 9.69 Å². The summed E-state index contributed by atoms with van der Waals surface area (Å²) in [6, 6.07) is 4.39. The first-order valence-corrected chi connectivity index (χ1v) is 7.12. The van der Waals surface area contributed by atoms with Gasteiger partial charge in [-0.1, -0.05) is 12.5 Å². The fraction of sp³-hybridized carbons (Fsp3) is 0.615. The monoisotopic (exact) mass is 288 g/mol. The first-order valence-electron chi connectivity index (χ1n) is 6.24. The Balaban J connectivity index is 0.00000162. The van der Waals surface area contributed by atoms with Gasteiger partial charge < -0.3 is 5.32 Å². The molecule has 0 saturated carbocycles. The molecule has 1 saturated heterocycles. The van der Waals surface area contributed by atoms with Crippen LogP contribution >= 0.6 is 23.7 Å². The molecule has 0 amide bonds. The van der Waals surface area contributed by atoms with Crippen LogP contribution in [0.4, 0.5) is 0 Å². The predicted molar refractivity (Wildman–Crippen MR) is 79.0 cm³/mol. The molecule has 2 rings (SSSR count). The number of ketones is 1. The van der Waals surface area contributed by atoms with E-state index in [1.807, 2.05) is 24.6 Å². The highest BCUT2D eigenvalue weighted by Gasteiger charge is 2.16. The summed E-state index contributed by atoms with van der Waals surface area (Å²) in [5, 5.41) is 5.46. The molecule has 102 valence electrons. The largest absolute Gasteiger partial charge is 0.313 e. The minimum absolute atomic E-state index is 0. The van der Waals surface area contributed by atoms with E-state index in [2.05, 4.69) is 10.2 Å². The topological polar surface area (TPSA) is 32.3 Å². The number of hydrogen-bond donors (Lipinski definition) is 1. The molecule has 5 heteroatoms. The summed E-state index contributed by atoms with van der Waals surface area (Å²) >= 11 is 1.53. The molecule has 1 atom stereocenters. The molecule has 18 heavy (non-hydrogen) atoms. The molecule has 3 nitrogen and oxygen atoms in total. The van der Waals surface area contributed by atoms with Crippen LogP contribution in [0.2, 0.25) is 0 Å². The second-order valence-corrected chi connectivity index (χ2v) is 5.69. The quantitative estimate of drug-likeness (QED) is 0.845. The Morgan fingerprint density at radius 1 is 1.56 bits per heavy atom. The van der Waals surface area contributed by atoms with Crippen molar-refractivity contribution < 1.29 is 4.79 Å². The third-order valence-corrected chi connectivity index (χ3v) is 4.06. The molecule has 1 aromatic rings. The van der Waals surface area contributed by atoms with Crippen LogP contribution in [0.25, 0.3) is 0 Å². The van der Waals surface area contributed by atoms with E-state index in [-0.39, 0.29) is 18.2 Å². The molecule has 0 bridgehead atoms. The molecule has 1 aromatic heterocycles. The van der Waals surface area contributed by atoms with Crippen LogP contribution in [0.5, 0.6) is 0 Å². The second-order valence-electron chi connectivity index (χ2n) is 4.74. The number of carbonyl (C=O) groups is 1. The summed E-state index contributed by atoms with van der Waals surface area (Å²) in [6.45, 7) is 2.62. The van der Waals surface area contributed by atoms with Gasteiger partial charge in [-0.15, -0.1) is 23.7 Å². The van der Waals surface area contributed by atoms with E-state index in [9.17, 15) is 4.79 Å². The molecule has 1 fully saturated rings. The highest BCUT2D eigenvalue weighted by atomic mass is 35.5. The highest BCUT2D eigenvalue weighted by molar-refractivity contribution is 7.12. The van der Waals surface area contributed by atoms with E-state index in [0.717, 1.165) is 18.0 Å². The van der Waals surface area contributed by atoms with Gasteiger partial charge in [0.25, 0.3) is 0 Å². The highest BCUT2D eigenvalue weighted by Crippen LogP contribution is 2.11. The molecule has 1 unspecified atom stereocenters. The number of halogens is 1. The Labute approximate surface area is 119 Å². The SMILES string of the molecule is CN(CC(=O)c1cccs1)CC1CCCCN1.Cl. The summed E-state index contributed by atoms with van der Waals surface area (Å²) in [5.41, 5.74) is 0. The standard InChI is InChI=1S/C13H20N2OS.ClH/c1-15(9-11-5-2-3-7-14-11)10-12(16)13-6-4-8-17-13;/h4,6,8,11,14H,2-3,5,7,9-10H2,1H3;1H. The van der Waals surface area contributed by atoms with Gasteiger partial charge in [0.2, 0.25) is 0 Å². The van der Waals surface area contributed by atoms with Crippen molar-refractivity contribution in [3.8, 4) is 0 Å². The van der Waals surface area contributed by atoms with Gasteiger partial charge in [0.1, 0.15) is 0 Å². The molecule has 1 N–H and O–H groups in total. The lowest BCUT2D eigenvalue weighted by molar-refractivity contribution is 0.0943. The number of rotatable bonds is 5. The summed E-state index contributed by atoms with van der Waals surface area (Å²) in [5.74, 6) is 0.235. The van der Waals surface area contributed by atoms with Crippen molar-refractivity contribution in [2.75, 3.05) is 26.7 Å². The van der Waals surface area contributed by atoms with Crippen LogP contribution in [0.15, 0.2) is 17.5 Å². The van der Waals surface area contributed by atoms with Crippen LogP contribution in [0.3, 0.4) is 0 Å².